The molecule has 3 aromatic rings. The predicted molar refractivity (Wildman–Crippen MR) is 152 cm³/mol. The number of carbonyl (C=O) groups excluding carboxylic acids is 3. The molecule has 0 radical (unpaired) electrons. The van der Waals surface area contributed by atoms with Gasteiger partial charge in [-0.1, -0.05) is 17.7 Å². The maximum Gasteiger partial charge on any atom is 0.337 e. The Balaban J connectivity index is 1.28. The lowest BCUT2D eigenvalue weighted by atomic mass is 10.2. The van der Waals surface area contributed by atoms with Gasteiger partial charge in [-0.05, 0) is 67.1 Å². The lowest BCUT2D eigenvalue weighted by molar-refractivity contribution is 0.0600. The Bertz CT molecular complexity index is 1360. The lowest BCUT2D eigenvalue weighted by Crippen LogP contribution is -2.50. The number of piperazine rings is 1. The molecule has 1 aliphatic heterocycles. The maximum absolute atomic E-state index is 12.8. The zero-order chi connectivity index (χ0) is 27.9. The molecular weight excluding hydrogens is 522 g/mol. The van der Waals surface area contributed by atoms with Crippen molar-refractivity contribution >= 4 is 52.4 Å². The molecule has 0 bridgehead atoms. The maximum atomic E-state index is 12.8. The van der Waals surface area contributed by atoms with Gasteiger partial charge in [-0.25, -0.2) is 14.4 Å². The quantitative estimate of drug-likeness (QED) is 0.352. The van der Waals surface area contributed by atoms with E-state index in [1.165, 1.54) is 13.2 Å². The first-order valence-electron chi connectivity index (χ1n) is 12.3. The number of benzene rings is 3. The summed E-state index contributed by atoms with van der Waals surface area (Å²) < 4.78 is 10.00. The van der Waals surface area contributed by atoms with E-state index in [4.69, 9.17) is 16.3 Å². The Hall–Kier alpha value is -4.44. The van der Waals surface area contributed by atoms with Crippen molar-refractivity contribution in [3.8, 4) is 5.75 Å². The number of hydrogen-bond donors (Lipinski definition) is 3. The fourth-order valence-electron chi connectivity index (χ4n) is 4.18. The normalized spacial score (nSPS) is 12.9. The number of nitrogens with zero attached hydrogens (tertiary/aromatic N) is 2. The number of urea groups is 2. The van der Waals surface area contributed by atoms with Gasteiger partial charge in [-0.2, -0.15) is 0 Å². The molecule has 4 amide bonds. The average molecular weight is 552 g/mol. The summed E-state index contributed by atoms with van der Waals surface area (Å²) in [4.78, 5) is 40.8. The fourth-order valence-corrected chi connectivity index (χ4v) is 4.41. The summed E-state index contributed by atoms with van der Waals surface area (Å²) in [7, 11) is 2.85. The predicted octanol–water partition coefficient (Wildman–Crippen LogP) is 5.44. The minimum Gasteiger partial charge on any atom is -0.495 e. The first kappa shape index (κ1) is 27.6. The van der Waals surface area contributed by atoms with Crippen LogP contribution in [0.5, 0.6) is 5.75 Å². The molecule has 0 saturated carbocycles. The Labute approximate surface area is 231 Å². The van der Waals surface area contributed by atoms with Crippen molar-refractivity contribution in [1.82, 2.24) is 4.90 Å². The van der Waals surface area contributed by atoms with E-state index in [1.54, 1.807) is 24.1 Å². The number of carbonyl (C=O) groups is 3. The number of amides is 4. The first-order chi connectivity index (χ1) is 18.8. The molecule has 0 spiro atoms. The highest BCUT2D eigenvalue weighted by atomic mass is 35.5. The summed E-state index contributed by atoms with van der Waals surface area (Å²) in [6.45, 7) is 4.26. The second-order valence-electron chi connectivity index (χ2n) is 8.92. The number of ether oxygens (including phenoxy) is 2. The second-order valence-corrected chi connectivity index (χ2v) is 9.33. The van der Waals surface area contributed by atoms with Gasteiger partial charge in [0, 0.05) is 37.6 Å². The van der Waals surface area contributed by atoms with Crippen LogP contribution < -0.4 is 25.6 Å². The van der Waals surface area contributed by atoms with Crippen molar-refractivity contribution in [2.24, 2.45) is 0 Å². The Morgan fingerprint density at radius 2 is 1.54 bits per heavy atom. The van der Waals surface area contributed by atoms with Crippen molar-refractivity contribution in [3.05, 3.63) is 76.8 Å². The molecule has 1 heterocycles. The van der Waals surface area contributed by atoms with Crippen LogP contribution in [-0.4, -0.2) is 63.3 Å². The first-order valence-corrected chi connectivity index (χ1v) is 12.7. The molecule has 39 heavy (non-hydrogen) atoms. The largest absolute Gasteiger partial charge is 0.495 e. The van der Waals surface area contributed by atoms with Crippen LogP contribution in [0.3, 0.4) is 0 Å². The van der Waals surface area contributed by atoms with E-state index in [0.29, 0.717) is 54.6 Å². The number of esters is 1. The molecular formula is C28H30ClN5O5. The third-order valence-corrected chi connectivity index (χ3v) is 6.60. The topological polar surface area (TPSA) is 112 Å². The highest BCUT2D eigenvalue weighted by Gasteiger charge is 2.22. The summed E-state index contributed by atoms with van der Waals surface area (Å²) in [6, 6.07) is 17.1. The third-order valence-electron chi connectivity index (χ3n) is 6.29. The number of methoxy groups -OCH3 is 2. The molecule has 0 unspecified atom stereocenters. The number of aryl methyl sites for hydroxylation is 1. The van der Waals surface area contributed by atoms with E-state index in [9.17, 15) is 14.4 Å². The van der Waals surface area contributed by atoms with Crippen LogP contribution in [0.4, 0.5) is 32.3 Å². The standard InChI is InChI=1S/C28H30ClN5O5/c1-18-4-11-25(38-2)24(16-18)31-27(36)30-20-6-8-21(9-7-20)33-12-14-34(15-13-33)28(37)32-23-10-5-19(17-22(23)29)26(35)39-3/h4-11,16-17H,12-15H2,1-3H3,(H,32,37)(H2,30,31,36). The van der Waals surface area contributed by atoms with E-state index in [2.05, 4.69) is 25.6 Å². The molecule has 3 aromatic carbocycles. The van der Waals surface area contributed by atoms with Crippen molar-refractivity contribution < 1.29 is 23.9 Å². The van der Waals surface area contributed by atoms with Crippen LogP contribution in [0.2, 0.25) is 5.02 Å². The van der Waals surface area contributed by atoms with Crippen LogP contribution in [0, 0.1) is 6.92 Å². The monoisotopic (exact) mass is 551 g/mol. The molecule has 3 N–H and O–H groups in total. The average Bonchev–Trinajstić information content (AvgIpc) is 2.94. The van der Waals surface area contributed by atoms with E-state index in [1.807, 2.05) is 49.4 Å². The molecule has 11 heteroatoms. The molecule has 1 fully saturated rings. The molecule has 0 aliphatic carbocycles. The van der Waals surface area contributed by atoms with Gasteiger partial charge in [0.15, 0.2) is 0 Å². The third kappa shape index (κ3) is 6.91. The van der Waals surface area contributed by atoms with E-state index in [-0.39, 0.29) is 17.1 Å². The van der Waals surface area contributed by atoms with Gasteiger partial charge in [0.1, 0.15) is 5.75 Å². The molecule has 1 aliphatic rings. The Morgan fingerprint density at radius 1 is 0.821 bits per heavy atom. The van der Waals surface area contributed by atoms with Gasteiger partial charge in [-0.15, -0.1) is 0 Å². The lowest BCUT2D eigenvalue weighted by Gasteiger charge is -2.36. The summed E-state index contributed by atoms with van der Waals surface area (Å²) in [5.74, 6) is 0.0828. The van der Waals surface area contributed by atoms with Gasteiger partial charge in [0.2, 0.25) is 0 Å². The summed E-state index contributed by atoms with van der Waals surface area (Å²) in [6.07, 6.45) is 0. The minimum absolute atomic E-state index is 0.255. The zero-order valence-electron chi connectivity index (χ0n) is 21.9. The fraction of sp³-hybridized carbons (Fsp3) is 0.250. The molecule has 204 valence electrons. The molecule has 10 nitrogen and oxygen atoms in total. The number of anilines is 4. The number of hydrogen-bond acceptors (Lipinski definition) is 6. The van der Waals surface area contributed by atoms with Crippen LogP contribution in [0.25, 0.3) is 0 Å². The van der Waals surface area contributed by atoms with Gasteiger partial charge < -0.3 is 35.2 Å². The number of nitrogens with one attached hydrogen (secondary N) is 3. The highest BCUT2D eigenvalue weighted by Crippen LogP contribution is 2.27. The number of halogens is 1. The number of rotatable bonds is 6. The van der Waals surface area contributed by atoms with Gasteiger partial charge in [-0.3, -0.25) is 0 Å². The van der Waals surface area contributed by atoms with Crippen LogP contribution >= 0.6 is 11.6 Å². The van der Waals surface area contributed by atoms with E-state index in [0.717, 1.165) is 11.3 Å². The Kier molecular flexibility index (Phi) is 8.77. The van der Waals surface area contributed by atoms with Crippen molar-refractivity contribution in [2.45, 2.75) is 6.92 Å². The van der Waals surface area contributed by atoms with Crippen molar-refractivity contribution in [1.29, 1.82) is 0 Å². The highest BCUT2D eigenvalue weighted by molar-refractivity contribution is 6.34. The summed E-state index contributed by atoms with van der Waals surface area (Å²) in [5.41, 5.74) is 3.96. The van der Waals surface area contributed by atoms with Crippen LogP contribution in [-0.2, 0) is 4.74 Å². The van der Waals surface area contributed by atoms with Gasteiger partial charge >= 0.3 is 18.0 Å². The SMILES string of the molecule is COC(=O)c1ccc(NC(=O)N2CCN(c3ccc(NC(=O)Nc4cc(C)ccc4OC)cc3)CC2)c(Cl)c1. The van der Waals surface area contributed by atoms with Gasteiger partial charge in [0.05, 0.1) is 36.2 Å². The van der Waals surface area contributed by atoms with Crippen LogP contribution in [0.15, 0.2) is 60.7 Å². The minimum atomic E-state index is -0.499. The molecule has 0 aromatic heterocycles. The second kappa shape index (κ2) is 12.4. The summed E-state index contributed by atoms with van der Waals surface area (Å²) >= 11 is 6.24. The summed E-state index contributed by atoms with van der Waals surface area (Å²) in [5, 5.41) is 8.71. The smallest absolute Gasteiger partial charge is 0.337 e. The van der Waals surface area contributed by atoms with E-state index < -0.39 is 5.97 Å². The van der Waals surface area contributed by atoms with Crippen molar-refractivity contribution in [2.75, 3.05) is 61.2 Å². The van der Waals surface area contributed by atoms with Crippen molar-refractivity contribution in [3.63, 3.8) is 0 Å². The van der Waals surface area contributed by atoms with Crippen LogP contribution in [0.1, 0.15) is 15.9 Å². The van der Waals surface area contributed by atoms with E-state index >= 15 is 0 Å². The molecule has 0 atom stereocenters. The molecule has 1 saturated heterocycles. The van der Waals surface area contributed by atoms with Gasteiger partial charge in [0.25, 0.3) is 0 Å². The zero-order valence-corrected chi connectivity index (χ0v) is 22.7. The Morgan fingerprint density at radius 3 is 2.18 bits per heavy atom. The molecule has 4 rings (SSSR count).